The van der Waals surface area contributed by atoms with Crippen LogP contribution in [0.2, 0.25) is 0 Å². The lowest BCUT2D eigenvalue weighted by Crippen LogP contribution is -2.28. The van der Waals surface area contributed by atoms with Crippen molar-refractivity contribution in [3.05, 3.63) is 35.9 Å². The smallest absolute Gasteiger partial charge is 0.151 e. The molecule has 1 rings (SSSR count). The van der Waals surface area contributed by atoms with Crippen molar-refractivity contribution < 1.29 is 13.2 Å². The van der Waals surface area contributed by atoms with Gasteiger partial charge >= 0.3 is 0 Å². The minimum absolute atomic E-state index is 0.000747. The van der Waals surface area contributed by atoms with E-state index < -0.39 is 9.84 Å². The van der Waals surface area contributed by atoms with Gasteiger partial charge in [0.2, 0.25) is 0 Å². The van der Waals surface area contributed by atoms with E-state index in [1.165, 1.54) is 0 Å². The Balaban J connectivity index is 2.62. The topological polar surface area (TPSA) is 43.4 Å². The van der Waals surface area contributed by atoms with Crippen LogP contribution < -0.4 is 0 Å². The zero-order valence-corrected chi connectivity index (χ0v) is 16.9. The molecule has 0 N–H and O–H groups in total. The highest BCUT2D eigenvalue weighted by molar-refractivity contribution is 7.91. The summed E-state index contributed by atoms with van der Waals surface area (Å²) in [5.41, 5.74) is 1.11. The van der Waals surface area contributed by atoms with Crippen LogP contribution in [0.4, 0.5) is 0 Å². The number of ether oxygens (including phenoxy) is 1. The molecular weight excluding hydrogens is 320 g/mol. The highest BCUT2D eigenvalue weighted by atomic mass is 32.2. The summed E-state index contributed by atoms with van der Waals surface area (Å²) in [5.74, 6) is 0.385. The third-order valence-electron chi connectivity index (χ3n) is 3.95. The summed E-state index contributed by atoms with van der Waals surface area (Å²) in [7, 11) is -3.11. The van der Waals surface area contributed by atoms with Crippen LogP contribution in [0.1, 0.15) is 59.4 Å². The predicted octanol–water partition coefficient (Wildman–Crippen LogP) is 4.68. The van der Waals surface area contributed by atoms with E-state index >= 15 is 0 Å². The molecule has 0 heterocycles. The lowest BCUT2D eigenvalue weighted by atomic mass is 9.78. The second-order valence-electron chi connectivity index (χ2n) is 8.91. The van der Waals surface area contributed by atoms with Crippen molar-refractivity contribution in [1.29, 1.82) is 0 Å². The monoisotopic (exact) mass is 354 g/mol. The summed E-state index contributed by atoms with van der Waals surface area (Å²) in [4.78, 5) is 0. The first kappa shape index (κ1) is 21.2. The average Bonchev–Trinajstić information content (AvgIpc) is 2.43. The van der Waals surface area contributed by atoms with Crippen molar-refractivity contribution in [3.63, 3.8) is 0 Å². The number of hydrogen-bond acceptors (Lipinski definition) is 3. The van der Waals surface area contributed by atoms with Crippen LogP contribution >= 0.6 is 0 Å². The molecule has 138 valence electrons. The quantitative estimate of drug-likeness (QED) is 0.636. The van der Waals surface area contributed by atoms with Crippen LogP contribution in [0.25, 0.3) is 0 Å². The van der Waals surface area contributed by atoms with E-state index in [9.17, 15) is 8.42 Å². The van der Waals surface area contributed by atoms with Crippen molar-refractivity contribution in [3.8, 4) is 0 Å². The summed E-state index contributed by atoms with van der Waals surface area (Å²) >= 11 is 0. The minimum atomic E-state index is -3.11. The molecule has 0 spiro atoms. The summed E-state index contributed by atoms with van der Waals surface area (Å²) in [6.07, 6.45) is 0.560. The Bertz CT molecular complexity index is 578. The summed E-state index contributed by atoms with van der Waals surface area (Å²) in [5, 5.41) is 0. The number of hydrogen-bond donors (Lipinski definition) is 0. The van der Waals surface area contributed by atoms with Crippen molar-refractivity contribution in [2.24, 2.45) is 10.8 Å². The van der Waals surface area contributed by atoms with Gasteiger partial charge in [-0.15, -0.1) is 0 Å². The predicted molar refractivity (Wildman–Crippen MR) is 102 cm³/mol. The fraction of sp³-hybridized carbons (Fsp3) is 0.700. The van der Waals surface area contributed by atoms with E-state index in [0.717, 1.165) is 5.56 Å². The molecule has 24 heavy (non-hydrogen) atoms. The molecule has 0 fully saturated rings. The first-order chi connectivity index (χ1) is 10.9. The zero-order valence-electron chi connectivity index (χ0n) is 16.1. The van der Waals surface area contributed by atoms with Gasteiger partial charge in [-0.05, 0) is 22.8 Å². The fourth-order valence-electron chi connectivity index (χ4n) is 2.63. The van der Waals surface area contributed by atoms with Crippen molar-refractivity contribution >= 4 is 9.84 Å². The largest absolute Gasteiger partial charge is 0.381 e. The normalized spacial score (nSPS) is 14.6. The third kappa shape index (κ3) is 8.29. The maximum Gasteiger partial charge on any atom is 0.151 e. The van der Waals surface area contributed by atoms with E-state index in [0.29, 0.717) is 19.6 Å². The van der Waals surface area contributed by atoms with Gasteiger partial charge in [0.1, 0.15) is 0 Å². The van der Waals surface area contributed by atoms with Gasteiger partial charge in [-0.2, -0.15) is 0 Å². The van der Waals surface area contributed by atoms with Crippen LogP contribution in [-0.2, 0) is 14.6 Å². The van der Waals surface area contributed by atoms with Crippen molar-refractivity contribution in [2.45, 2.75) is 53.9 Å². The molecule has 0 saturated carbocycles. The summed E-state index contributed by atoms with van der Waals surface area (Å²) in [6.45, 7) is 13.8. The molecule has 1 aromatic rings. The molecule has 0 bridgehead atoms. The van der Waals surface area contributed by atoms with Crippen LogP contribution in [0, 0.1) is 10.8 Å². The SMILES string of the molecule is CC(C)(C)COCCCS(=O)(=O)CC(c1ccccc1)C(C)(C)C. The Hall–Kier alpha value is -0.870. The van der Waals surface area contributed by atoms with Gasteiger partial charge in [0.15, 0.2) is 9.84 Å². The molecule has 0 amide bonds. The average molecular weight is 355 g/mol. The number of rotatable bonds is 8. The molecule has 0 aromatic heterocycles. The maximum absolute atomic E-state index is 12.6. The first-order valence-electron chi connectivity index (χ1n) is 8.74. The standard InChI is InChI=1S/C20H34O3S/c1-19(2,3)16-23-13-10-14-24(21,22)15-18(20(4,5)6)17-11-8-7-9-12-17/h7-9,11-12,18H,10,13-16H2,1-6H3. The molecule has 0 radical (unpaired) electrons. The summed E-state index contributed by atoms with van der Waals surface area (Å²) in [6, 6.07) is 9.96. The molecule has 1 aromatic carbocycles. The van der Waals surface area contributed by atoms with E-state index in [-0.39, 0.29) is 28.3 Å². The van der Waals surface area contributed by atoms with E-state index in [2.05, 4.69) is 41.5 Å². The Morgan fingerprint density at radius 3 is 2.08 bits per heavy atom. The molecule has 0 aliphatic carbocycles. The molecule has 4 heteroatoms. The van der Waals surface area contributed by atoms with Gasteiger partial charge in [-0.25, -0.2) is 8.42 Å². The Morgan fingerprint density at radius 2 is 1.58 bits per heavy atom. The van der Waals surface area contributed by atoms with Crippen LogP contribution in [-0.4, -0.2) is 33.1 Å². The van der Waals surface area contributed by atoms with Gasteiger partial charge in [0.25, 0.3) is 0 Å². The summed E-state index contributed by atoms with van der Waals surface area (Å²) < 4.78 is 30.7. The Labute approximate surface area is 148 Å². The number of benzene rings is 1. The second kappa shape index (κ2) is 8.48. The van der Waals surface area contributed by atoms with Gasteiger partial charge in [0, 0.05) is 12.5 Å². The lowest BCUT2D eigenvalue weighted by molar-refractivity contribution is 0.0720. The first-order valence-corrected chi connectivity index (χ1v) is 10.6. The molecule has 1 unspecified atom stereocenters. The number of sulfone groups is 1. The second-order valence-corrected chi connectivity index (χ2v) is 11.1. The van der Waals surface area contributed by atoms with Gasteiger partial charge < -0.3 is 4.74 Å². The van der Waals surface area contributed by atoms with E-state index in [4.69, 9.17) is 4.74 Å². The van der Waals surface area contributed by atoms with Gasteiger partial charge in [-0.1, -0.05) is 71.9 Å². The highest BCUT2D eigenvalue weighted by Gasteiger charge is 2.30. The maximum atomic E-state index is 12.6. The molecular formula is C20H34O3S. The van der Waals surface area contributed by atoms with Crippen molar-refractivity contribution in [2.75, 3.05) is 24.7 Å². The minimum Gasteiger partial charge on any atom is -0.381 e. The molecule has 0 saturated heterocycles. The van der Waals surface area contributed by atoms with Gasteiger partial charge in [0.05, 0.1) is 18.1 Å². The highest BCUT2D eigenvalue weighted by Crippen LogP contribution is 2.36. The zero-order chi connectivity index (χ0) is 18.4. The van der Waals surface area contributed by atoms with Gasteiger partial charge in [-0.3, -0.25) is 0 Å². The molecule has 0 aliphatic rings. The van der Waals surface area contributed by atoms with Crippen LogP contribution in [0.15, 0.2) is 30.3 Å². The third-order valence-corrected chi connectivity index (χ3v) is 5.70. The molecule has 3 nitrogen and oxygen atoms in total. The molecule has 0 aliphatic heterocycles. The van der Waals surface area contributed by atoms with Crippen LogP contribution in [0.5, 0.6) is 0 Å². The Morgan fingerprint density at radius 1 is 1.00 bits per heavy atom. The van der Waals surface area contributed by atoms with E-state index in [1.807, 2.05) is 30.3 Å². The fourth-order valence-corrected chi connectivity index (χ4v) is 4.55. The van der Waals surface area contributed by atoms with E-state index in [1.54, 1.807) is 0 Å². The van der Waals surface area contributed by atoms with Crippen molar-refractivity contribution in [1.82, 2.24) is 0 Å². The molecule has 1 atom stereocenters. The van der Waals surface area contributed by atoms with Crippen LogP contribution in [0.3, 0.4) is 0 Å². The lowest BCUT2D eigenvalue weighted by Gasteiger charge is -2.31. The Kier molecular flexibility index (Phi) is 7.48.